The molecule has 4 heterocycles. The van der Waals surface area contributed by atoms with Crippen LogP contribution in [0.25, 0.3) is 0 Å². The Morgan fingerprint density at radius 3 is 2.56 bits per heavy atom. The van der Waals surface area contributed by atoms with Gasteiger partial charge in [0.2, 0.25) is 0 Å². The van der Waals surface area contributed by atoms with E-state index in [9.17, 15) is 0 Å². The summed E-state index contributed by atoms with van der Waals surface area (Å²) in [5.74, 6) is 3.17. The molecule has 134 valence electrons. The van der Waals surface area contributed by atoms with Gasteiger partial charge in [-0.1, -0.05) is 5.21 Å². The van der Waals surface area contributed by atoms with E-state index in [4.69, 9.17) is 0 Å². The second kappa shape index (κ2) is 8.19. The molecule has 0 unspecified atom stereocenters. The van der Waals surface area contributed by atoms with Gasteiger partial charge in [0, 0.05) is 75.1 Å². The molecule has 0 amide bonds. The maximum Gasteiger partial charge on any atom is 0.0967 e. The molecular weight excluding hydrogens is 332 g/mol. The lowest BCUT2D eigenvalue weighted by atomic mass is 9.96. The van der Waals surface area contributed by atoms with Crippen molar-refractivity contribution in [2.24, 2.45) is 5.92 Å². The first-order valence-electron chi connectivity index (χ1n) is 9.21. The molecule has 2 aromatic rings. The van der Waals surface area contributed by atoms with Crippen molar-refractivity contribution in [3.05, 3.63) is 36.4 Å². The molecule has 0 aromatic carbocycles. The molecule has 2 aromatic heterocycles. The molecule has 4 rings (SSSR count). The Bertz CT molecular complexity index is 647. The number of thioether (sulfide) groups is 1. The van der Waals surface area contributed by atoms with Gasteiger partial charge in [0.25, 0.3) is 0 Å². The van der Waals surface area contributed by atoms with Crippen LogP contribution in [0.15, 0.2) is 30.7 Å². The highest BCUT2D eigenvalue weighted by Crippen LogP contribution is 2.23. The van der Waals surface area contributed by atoms with E-state index in [0.29, 0.717) is 5.92 Å². The van der Waals surface area contributed by atoms with E-state index in [2.05, 4.69) is 48.1 Å². The van der Waals surface area contributed by atoms with Crippen molar-refractivity contribution in [3.63, 3.8) is 0 Å². The van der Waals surface area contributed by atoms with Crippen molar-refractivity contribution in [1.82, 2.24) is 24.9 Å². The Labute approximate surface area is 153 Å². The number of hydrogen-bond acceptors (Lipinski definition) is 6. The summed E-state index contributed by atoms with van der Waals surface area (Å²) in [5, 5.41) is 8.75. The summed E-state index contributed by atoms with van der Waals surface area (Å²) in [6, 6.07) is 4.20. The van der Waals surface area contributed by atoms with E-state index < -0.39 is 0 Å². The summed E-state index contributed by atoms with van der Waals surface area (Å²) in [5.41, 5.74) is 2.40. The Morgan fingerprint density at radius 2 is 1.80 bits per heavy atom. The van der Waals surface area contributed by atoms with Crippen LogP contribution < -0.4 is 4.90 Å². The van der Waals surface area contributed by atoms with Crippen molar-refractivity contribution in [2.75, 3.05) is 42.6 Å². The van der Waals surface area contributed by atoms with Crippen LogP contribution in [0.4, 0.5) is 5.69 Å². The molecule has 0 N–H and O–H groups in total. The van der Waals surface area contributed by atoms with Crippen molar-refractivity contribution < 1.29 is 0 Å². The predicted molar refractivity (Wildman–Crippen MR) is 102 cm³/mol. The summed E-state index contributed by atoms with van der Waals surface area (Å²) >= 11 is 2.05. The van der Waals surface area contributed by atoms with Crippen LogP contribution >= 0.6 is 11.8 Å². The highest BCUT2D eigenvalue weighted by molar-refractivity contribution is 7.99. The lowest BCUT2D eigenvalue weighted by Gasteiger charge is -2.33. The first kappa shape index (κ1) is 16.8. The number of aromatic nitrogens is 4. The Morgan fingerprint density at radius 1 is 1.04 bits per heavy atom. The minimum absolute atomic E-state index is 0.694. The molecule has 2 aliphatic heterocycles. The highest BCUT2D eigenvalue weighted by atomic mass is 32.2. The highest BCUT2D eigenvalue weighted by Gasteiger charge is 2.20. The molecule has 2 fully saturated rings. The fourth-order valence-electron chi connectivity index (χ4n) is 3.68. The average molecular weight is 359 g/mol. The van der Waals surface area contributed by atoms with Gasteiger partial charge in [0.1, 0.15) is 0 Å². The summed E-state index contributed by atoms with van der Waals surface area (Å²) in [7, 11) is 0. The predicted octanol–water partition coefficient (Wildman–Crippen LogP) is 2.14. The number of anilines is 1. The summed E-state index contributed by atoms with van der Waals surface area (Å²) in [6.45, 7) is 6.51. The monoisotopic (exact) mass is 358 g/mol. The van der Waals surface area contributed by atoms with Gasteiger partial charge in [0.15, 0.2) is 0 Å². The molecule has 0 spiro atoms. The lowest BCUT2D eigenvalue weighted by molar-refractivity contribution is 0.291. The van der Waals surface area contributed by atoms with Gasteiger partial charge in [-0.25, -0.2) is 0 Å². The maximum atomic E-state index is 4.39. The summed E-state index contributed by atoms with van der Waals surface area (Å²) in [4.78, 5) is 9.05. The molecule has 0 saturated carbocycles. The van der Waals surface area contributed by atoms with Crippen LogP contribution in [0, 0.1) is 5.92 Å². The number of piperidine rings is 1. The van der Waals surface area contributed by atoms with Gasteiger partial charge in [0.05, 0.1) is 5.69 Å². The normalized spacial score (nSPS) is 20.1. The van der Waals surface area contributed by atoms with Crippen molar-refractivity contribution in [3.8, 4) is 0 Å². The molecular formula is C18H26N6S. The molecule has 7 heteroatoms. The second-order valence-electron chi connectivity index (χ2n) is 6.96. The van der Waals surface area contributed by atoms with E-state index >= 15 is 0 Å². The van der Waals surface area contributed by atoms with Crippen molar-refractivity contribution >= 4 is 17.4 Å². The zero-order valence-corrected chi connectivity index (χ0v) is 15.4. The van der Waals surface area contributed by atoms with Gasteiger partial charge in [-0.2, -0.15) is 11.8 Å². The first-order valence-corrected chi connectivity index (χ1v) is 10.4. The number of hydrogen-bond donors (Lipinski definition) is 0. The van der Waals surface area contributed by atoms with E-state index in [1.807, 2.05) is 24.2 Å². The van der Waals surface area contributed by atoms with Crippen LogP contribution in [0.3, 0.4) is 0 Å². The third kappa shape index (κ3) is 4.52. The molecule has 0 atom stereocenters. The quantitative estimate of drug-likeness (QED) is 0.816. The summed E-state index contributed by atoms with van der Waals surface area (Å²) in [6.07, 6.45) is 8.32. The van der Waals surface area contributed by atoms with Crippen LogP contribution in [0.1, 0.15) is 18.5 Å². The number of pyridine rings is 1. The molecule has 0 bridgehead atoms. The molecule has 2 aliphatic rings. The van der Waals surface area contributed by atoms with Gasteiger partial charge in [-0.3, -0.25) is 14.6 Å². The number of rotatable bonds is 5. The van der Waals surface area contributed by atoms with Crippen LogP contribution in [-0.2, 0) is 13.1 Å². The molecule has 25 heavy (non-hydrogen) atoms. The molecule has 0 radical (unpaired) electrons. The van der Waals surface area contributed by atoms with Crippen LogP contribution in [-0.4, -0.2) is 62.6 Å². The number of nitrogens with zero attached hydrogens (tertiary/aromatic N) is 6. The largest absolute Gasteiger partial charge is 0.371 e. The van der Waals surface area contributed by atoms with Crippen LogP contribution in [0.2, 0.25) is 0 Å². The third-order valence-corrected chi connectivity index (χ3v) is 6.11. The molecule has 6 nitrogen and oxygen atoms in total. The van der Waals surface area contributed by atoms with E-state index in [0.717, 1.165) is 31.9 Å². The minimum Gasteiger partial charge on any atom is -0.371 e. The van der Waals surface area contributed by atoms with Gasteiger partial charge >= 0.3 is 0 Å². The van der Waals surface area contributed by atoms with E-state index in [1.165, 1.54) is 43.1 Å². The van der Waals surface area contributed by atoms with Gasteiger partial charge in [-0.15, -0.1) is 5.10 Å². The standard InChI is InChI=1S/C18H26N6S/c1-5-19-6-2-18(1)23-7-3-16(4-8-23)13-24-15-17(20-21-24)14-22-9-11-25-12-10-22/h1-2,5-6,15-16H,3-4,7-14H2. The van der Waals surface area contributed by atoms with Gasteiger partial charge < -0.3 is 4.90 Å². The van der Waals surface area contributed by atoms with E-state index in [-0.39, 0.29) is 0 Å². The fraction of sp³-hybridized carbons (Fsp3) is 0.611. The maximum absolute atomic E-state index is 4.39. The fourth-order valence-corrected chi connectivity index (χ4v) is 4.66. The summed E-state index contributed by atoms with van der Waals surface area (Å²) < 4.78 is 2.06. The first-order chi connectivity index (χ1) is 12.4. The van der Waals surface area contributed by atoms with Crippen LogP contribution in [0.5, 0.6) is 0 Å². The zero-order valence-electron chi connectivity index (χ0n) is 14.6. The Kier molecular flexibility index (Phi) is 5.52. The topological polar surface area (TPSA) is 50.1 Å². The third-order valence-electron chi connectivity index (χ3n) is 5.16. The Hall–Kier alpha value is -1.60. The molecule has 0 aliphatic carbocycles. The lowest BCUT2D eigenvalue weighted by Crippen LogP contribution is -2.35. The zero-order chi connectivity index (χ0) is 16.9. The SMILES string of the molecule is c1cc(N2CCC(Cn3cc(CN4CCSCC4)nn3)CC2)ccn1. The van der Waals surface area contributed by atoms with E-state index in [1.54, 1.807) is 0 Å². The smallest absolute Gasteiger partial charge is 0.0967 e. The van der Waals surface area contributed by atoms with Crippen molar-refractivity contribution in [2.45, 2.75) is 25.9 Å². The Balaban J connectivity index is 1.26. The van der Waals surface area contributed by atoms with Crippen molar-refractivity contribution in [1.29, 1.82) is 0 Å². The second-order valence-corrected chi connectivity index (χ2v) is 8.18. The minimum atomic E-state index is 0.694. The molecule has 2 saturated heterocycles. The average Bonchev–Trinajstić information content (AvgIpc) is 3.11. The van der Waals surface area contributed by atoms with Gasteiger partial charge in [-0.05, 0) is 30.9 Å².